The average Bonchev–Trinajstić information content (AvgIpc) is 1.65. The molecule has 0 unspecified atom stereocenters. The zero-order chi connectivity index (χ0) is 4.99. The van der Waals surface area contributed by atoms with Gasteiger partial charge in [0.1, 0.15) is 0 Å². The maximum atomic E-state index is 4.65. The van der Waals surface area contributed by atoms with Crippen molar-refractivity contribution in [2.24, 2.45) is 4.99 Å². The molecule has 2 heteroatoms. The number of hydrogen-bond acceptors (Lipinski definition) is 2. The summed E-state index contributed by atoms with van der Waals surface area (Å²) in [6.45, 7) is 1.81. The van der Waals surface area contributed by atoms with E-state index in [4.69, 9.17) is 0 Å². The van der Waals surface area contributed by atoms with Gasteiger partial charge in [-0.2, -0.15) is 0 Å². The van der Waals surface area contributed by atoms with Crippen LogP contribution in [0.5, 0.6) is 0 Å². The molecule has 0 aromatic rings. The minimum Gasteiger partial charge on any atom is -0.485 e. The number of rotatable bonds is 0. The number of nitrogens with zero attached hydrogens (tertiary/aromatic N) is 1. The monoisotopic (exact) mass is 87.1 g/mol. The number of hydrogen-bond donors (Lipinski definition) is 0. The number of ether oxygens (including phenoxy) is 1. The lowest BCUT2D eigenvalue weighted by molar-refractivity contribution is 0.399. The normalized spacial score (nSPS) is 11.5. The van der Waals surface area contributed by atoms with Crippen LogP contribution in [0.15, 0.2) is 4.99 Å². The van der Waals surface area contributed by atoms with Crippen LogP contribution in [-0.4, -0.2) is 20.1 Å². The van der Waals surface area contributed by atoms with E-state index in [0.29, 0.717) is 0 Å². The molecule has 0 fully saturated rings. The van der Waals surface area contributed by atoms with Crippen molar-refractivity contribution in [3.63, 3.8) is 0 Å². The summed E-state index contributed by atoms with van der Waals surface area (Å²) in [6, 6.07) is 0. The predicted molar refractivity (Wildman–Crippen MR) is 26.0 cm³/mol. The molecule has 0 bridgehead atoms. The van der Waals surface area contributed by atoms with Gasteiger partial charge in [-0.1, -0.05) is 0 Å². The van der Waals surface area contributed by atoms with Crippen molar-refractivity contribution in [3.05, 3.63) is 0 Å². The van der Waals surface area contributed by atoms with Crippen LogP contribution in [0.4, 0.5) is 0 Å². The van der Waals surface area contributed by atoms with E-state index in [-0.39, 0.29) is 0 Å². The van der Waals surface area contributed by atoms with E-state index in [0.717, 1.165) is 5.90 Å². The summed E-state index contributed by atoms with van der Waals surface area (Å²) in [4.78, 5) is 3.70. The summed E-state index contributed by atoms with van der Waals surface area (Å²) < 4.78 is 4.65. The second kappa shape index (κ2) is 2.69. The molecular formula is C4H9NO. The predicted octanol–water partition coefficient (Wildman–Crippen LogP) is 0.681. The van der Waals surface area contributed by atoms with Crippen LogP contribution in [0.2, 0.25) is 0 Å². The summed E-state index contributed by atoms with van der Waals surface area (Å²) in [5.74, 6) is 0.718. The van der Waals surface area contributed by atoms with Gasteiger partial charge in [0.15, 0.2) is 5.90 Å². The fourth-order valence-electron chi connectivity index (χ4n) is 0.0913. The molecule has 0 heterocycles. The van der Waals surface area contributed by atoms with Crippen LogP contribution >= 0.6 is 0 Å². The summed E-state index contributed by atoms with van der Waals surface area (Å²) in [6.07, 6.45) is 0. The van der Waals surface area contributed by atoms with E-state index >= 15 is 0 Å². The third kappa shape index (κ3) is 1.76. The number of methoxy groups -OCH3 is 1. The van der Waals surface area contributed by atoms with Crippen LogP contribution in [0.3, 0.4) is 0 Å². The zero-order valence-corrected chi connectivity index (χ0v) is 4.36. The van der Waals surface area contributed by atoms with E-state index < -0.39 is 0 Å². The molecule has 0 aromatic carbocycles. The topological polar surface area (TPSA) is 21.6 Å². The molecule has 0 spiro atoms. The summed E-state index contributed by atoms with van der Waals surface area (Å²) in [7, 11) is 3.29. The Morgan fingerprint density at radius 3 is 2.17 bits per heavy atom. The minimum atomic E-state index is 0.718. The van der Waals surface area contributed by atoms with Gasteiger partial charge < -0.3 is 4.74 Å². The lowest BCUT2D eigenvalue weighted by atomic mass is 10.8. The van der Waals surface area contributed by atoms with Gasteiger partial charge >= 0.3 is 0 Å². The molecule has 0 N–H and O–H groups in total. The van der Waals surface area contributed by atoms with Crippen LogP contribution in [0, 0.1) is 0 Å². The van der Waals surface area contributed by atoms with E-state index in [1.807, 2.05) is 0 Å². The van der Waals surface area contributed by atoms with Gasteiger partial charge in [0.05, 0.1) is 7.11 Å². The third-order valence-corrected chi connectivity index (χ3v) is 0.610. The van der Waals surface area contributed by atoms with Crippen molar-refractivity contribution in [2.45, 2.75) is 6.92 Å². The average molecular weight is 87.1 g/mol. The van der Waals surface area contributed by atoms with Gasteiger partial charge in [-0.25, -0.2) is 0 Å². The van der Waals surface area contributed by atoms with Crippen LogP contribution in [0.1, 0.15) is 6.92 Å². The van der Waals surface area contributed by atoms with Gasteiger partial charge in [0.2, 0.25) is 0 Å². The molecule has 2 nitrogen and oxygen atoms in total. The highest BCUT2D eigenvalue weighted by atomic mass is 16.5. The van der Waals surface area contributed by atoms with Gasteiger partial charge in [0.25, 0.3) is 0 Å². The largest absolute Gasteiger partial charge is 0.485 e. The van der Waals surface area contributed by atoms with Crippen molar-refractivity contribution in [2.75, 3.05) is 14.2 Å². The lowest BCUT2D eigenvalue weighted by Crippen LogP contribution is -1.90. The molecule has 0 aliphatic heterocycles. The van der Waals surface area contributed by atoms with Crippen LogP contribution in [0.25, 0.3) is 0 Å². The smallest absolute Gasteiger partial charge is 0.179 e. The Balaban J connectivity index is 3.22. The van der Waals surface area contributed by atoms with Crippen molar-refractivity contribution in [1.29, 1.82) is 0 Å². The molecule has 0 amide bonds. The highest BCUT2D eigenvalue weighted by Crippen LogP contribution is 1.69. The summed E-state index contributed by atoms with van der Waals surface area (Å²) >= 11 is 0. The second-order valence-corrected chi connectivity index (χ2v) is 0.947. The maximum absolute atomic E-state index is 4.65. The molecule has 6 heavy (non-hydrogen) atoms. The van der Waals surface area contributed by atoms with Gasteiger partial charge in [-0.3, -0.25) is 4.99 Å². The zero-order valence-electron chi connectivity index (χ0n) is 4.36. The first kappa shape index (κ1) is 5.47. The summed E-state index contributed by atoms with van der Waals surface area (Å²) in [5.41, 5.74) is 0. The van der Waals surface area contributed by atoms with E-state index in [9.17, 15) is 0 Å². The molecule has 0 aliphatic rings. The highest BCUT2D eigenvalue weighted by molar-refractivity contribution is 5.72. The van der Waals surface area contributed by atoms with Crippen molar-refractivity contribution in [3.8, 4) is 0 Å². The maximum Gasteiger partial charge on any atom is 0.179 e. The van der Waals surface area contributed by atoms with Crippen LogP contribution in [-0.2, 0) is 4.74 Å². The van der Waals surface area contributed by atoms with E-state index in [1.165, 1.54) is 0 Å². The molecule has 0 radical (unpaired) electrons. The van der Waals surface area contributed by atoms with Crippen LogP contribution < -0.4 is 0 Å². The van der Waals surface area contributed by atoms with Crippen molar-refractivity contribution >= 4 is 5.90 Å². The Kier molecular flexibility index (Phi) is 2.46. The summed E-state index contributed by atoms with van der Waals surface area (Å²) in [5, 5.41) is 0. The molecule has 36 valence electrons. The minimum absolute atomic E-state index is 0.718. The first-order valence-corrected chi connectivity index (χ1v) is 1.78. The SMILES string of the molecule is C/N=C(\C)OC. The fourth-order valence-corrected chi connectivity index (χ4v) is 0.0913. The van der Waals surface area contributed by atoms with Gasteiger partial charge in [-0.05, 0) is 0 Å². The Labute approximate surface area is 37.8 Å². The third-order valence-electron chi connectivity index (χ3n) is 0.610. The Bertz CT molecular complexity index is 58.6. The molecule has 0 saturated heterocycles. The van der Waals surface area contributed by atoms with E-state index in [2.05, 4.69) is 9.73 Å². The van der Waals surface area contributed by atoms with Gasteiger partial charge in [-0.15, -0.1) is 0 Å². The van der Waals surface area contributed by atoms with E-state index in [1.54, 1.807) is 21.1 Å². The Morgan fingerprint density at radius 2 is 2.17 bits per heavy atom. The Morgan fingerprint density at radius 1 is 1.67 bits per heavy atom. The molecular weight excluding hydrogens is 78.0 g/mol. The molecule has 0 rings (SSSR count). The highest BCUT2D eigenvalue weighted by Gasteiger charge is 1.74. The first-order chi connectivity index (χ1) is 2.81. The first-order valence-electron chi connectivity index (χ1n) is 1.78. The lowest BCUT2D eigenvalue weighted by Gasteiger charge is -1.90. The number of aliphatic imine (C=N–C) groups is 1. The molecule has 0 aromatic heterocycles. The quantitative estimate of drug-likeness (QED) is 0.314. The molecule has 0 atom stereocenters. The molecule has 0 aliphatic carbocycles. The fraction of sp³-hybridized carbons (Fsp3) is 0.750. The van der Waals surface area contributed by atoms with Gasteiger partial charge in [0, 0.05) is 14.0 Å². The standard InChI is InChI=1S/C4H9NO/c1-4(5-2)6-3/h1-3H3/b5-4+. The Hall–Kier alpha value is -0.530. The molecule has 0 saturated carbocycles. The second-order valence-electron chi connectivity index (χ2n) is 0.947. The van der Waals surface area contributed by atoms with Crippen molar-refractivity contribution in [1.82, 2.24) is 0 Å². The van der Waals surface area contributed by atoms with Crippen molar-refractivity contribution < 1.29 is 4.74 Å².